The van der Waals surface area contributed by atoms with E-state index in [0.29, 0.717) is 16.7 Å². The Labute approximate surface area is 201 Å². The van der Waals surface area contributed by atoms with Crippen molar-refractivity contribution in [3.63, 3.8) is 0 Å². The zero-order chi connectivity index (χ0) is 22.4. The molecule has 0 aromatic heterocycles. The smallest absolute Gasteiger partial charge is 0.235 e. The summed E-state index contributed by atoms with van der Waals surface area (Å²) in [5.41, 5.74) is 1.02. The number of benzene rings is 2. The van der Waals surface area contributed by atoms with Crippen LogP contribution in [0.2, 0.25) is 10.0 Å². The Kier molecular flexibility index (Phi) is 7.98. The van der Waals surface area contributed by atoms with Crippen molar-refractivity contribution in [1.82, 2.24) is 4.90 Å². The lowest BCUT2D eigenvalue weighted by Crippen LogP contribution is -2.42. The van der Waals surface area contributed by atoms with E-state index < -0.39 is 5.41 Å². The average molecular weight is 475 g/mol. The van der Waals surface area contributed by atoms with Gasteiger partial charge < -0.3 is 10.1 Å². The first-order valence-electron chi connectivity index (χ1n) is 11.8. The highest BCUT2D eigenvalue weighted by molar-refractivity contribution is 6.35. The molecule has 0 bridgehead atoms. The van der Waals surface area contributed by atoms with Gasteiger partial charge in [-0.1, -0.05) is 55.0 Å². The number of piperidine rings is 1. The van der Waals surface area contributed by atoms with Gasteiger partial charge in [-0.15, -0.1) is 0 Å². The van der Waals surface area contributed by atoms with Gasteiger partial charge in [0.25, 0.3) is 0 Å². The number of hydrogen-bond donors (Lipinski definition) is 1. The Hall–Kier alpha value is -1.75. The Morgan fingerprint density at radius 2 is 1.62 bits per heavy atom. The van der Waals surface area contributed by atoms with E-state index in [-0.39, 0.29) is 5.91 Å². The lowest BCUT2D eigenvalue weighted by molar-refractivity contribution is -0.122. The largest absolute Gasteiger partial charge is 0.492 e. The Bertz CT molecular complexity index is 905. The molecule has 2 aromatic carbocycles. The summed E-state index contributed by atoms with van der Waals surface area (Å²) in [6, 6.07) is 13.1. The summed E-state index contributed by atoms with van der Waals surface area (Å²) < 4.78 is 5.92. The first-order chi connectivity index (χ1) is 15.6. The van der Waals surface area contributed by atoms with E-state index in [9.17, 15) is 4.79 Å². The predicted molar refractivity (Wildman–Crippen MR) is 132 cm³/mol. The summed E-state index contributed by atoms with van der Waals surface area (Å²) in [7, 11) is 0. The second-order valence-electron chi connectivity index (χ2n) is 9.00. The molecule has 1 heterocycles. The third kappa shape index (κ3) is 5.59. The van der Waals surface area contributed by atoms with E-state index in [0.717, 1.165) is 55.6 Å². The SMILES string of the molecule is O=C(Nc1ccc(OCCN2CCCCC2)cc1)C1(c2ccc(Cl)cc2Cl)CCCCC1. The van der Waals surface area contributed by atoms with E-state index in [1.165, 1.54) is 32.4 Å². The fourth-order valence-corrected chi connectivity index (χ4v) is 5.60. The van der Waals surface area contributed by atoms with Crippen molar-refractivity contribution in [3.8, 4) is 5.75 Å². The number of nitrogens with one attached hydrogen (secondary N) is 1. The molecular formula is C26H32Cl2N2O2. The maximum Gasteiger partial charge on any atom is 0.235 e. The molecule has 1 N–H and O–H groups in total. The number of rotatable bonds is 7. The second-order valence-corrected chi connectivity index (χ2v) is 9.84. The van der Waals surface area contributed by atoms with Gasteiger partial charge in [0.1, 0.15) is 12.4 Å². The van der Waals surface area contributed by atoms with Crippen LogP contribution in [-0.2, 0) is 10.2 Å². The first kappa shape index (κ1) is 23.4. The molecule has 172 valence electrons. The fraction of sp³-hybridized carbons (Fsp3) is 0.500. The number of anilines is 1. The number of halogens is 2. The van der Waals surface area contributed by atoms with Crippen molar-refractivity contribution in [1.29, 1.82) is 0 Å². The quantitative estimate of drug-likeness (QED) is 0.485. The van der Waals surface area contributed by atoms with E-state index in [1.54, 1.807) is 6.07 Å². The highest BCUT2D eigenvalue weighted by Crippen LogP contribution is 2.44. The van der Waals surface area contributed by atoms with Crippen LogP contribution in [0.5, 0.6) is 5.75 Å². The lowest BCUT2D eigenvalue weighted by Gasteiger charge is -2.37. The van der Waals surface area contributed by atoms with Gasteiger partial charge in [0.2, 0.25) is 5.91 Å². The Morgan fingerprint density at radius 3 is 2.31 bits per heavy atom. The zero-order valence-electron chi connectivity index (χ0n) is 18.5. The zero-order valence-corrected chi connectivity index (χ0v) is 20.1. The van der Waals surface area contributed by atoms with Crippen LogP contribution >= 0.6 is 23.2 Å². The third-order valence-corrected chi connectivity index (χ3v) is 7.37. The molecule has 1 aliphatic carbocycles. The highest BCUT2D eigenvalue weighted by atomic mass is 35.5. The molecule has 1 saturated carbocycles. The van der Waals surface area contributed by atoms with Crippen LogP contribution in [0.25, 0.3) is 0 Å². The molecule has 6 heteroatoms. The number of likely N-dealkylation sites (tertiary alicyclic amines) is 1. The summed E-state index contributed by atoms with van der Waals surface area (Å²) in [5, 5.41) is 4.28. The molecule has 1 saturated heterocycles. The van der Waals surface area contributed by atoms with Crippen LogP contribution in [-0.4, -0.2) is 37.0 Å². The molecule has 0 spiro atoms. The van der Waals surface area contributed by atoms with Crippen molar-refractivity contribution >= 4 is 34.8 Å². The van der Waals surface area contributed by atoms with E-state index in [2.05, 4.69) is 10.2 Å². The number of carbonyl (C=O) groups is 1. The van der Waals surface area contributed by atoms with Crippen molar-refractivity contribution in [3.05, 3.63) is 58.1 Å². The molecule has 1 amide bonds. The minimum absolute atomic E-state index is 0.000175. The predicted octanol–water partition coefficient (Wildman–Crippen LogP) is 6.70. The fourth-order valence-electron chi connectivity index (χ4n) is 5.01. The topological polar surface area (TPSA) is 41.6 Å². The van der Waals surface area contributed by atoms with Gasteiger partial charge >= 0.3 is 0 Å². The molecule has 4 nitrogen and oxygen atoms in total. The van der Waals surface area contributed by atoms with Gasteiger partial charge in [0.15, 0.2) is 0 Å². The van der Waals surface area contributed by atoms with E-state index in [1.807, 2.05) is 36.4 Å². The third-order valence-electron chi connectivity index (χ3n) is 6.83. The minimum Gasteiger partial charge on any atom is -0.492 e. The Balaban J connectivity index is 1.40. The van der Waals surface area contributed by atoms with Crippen LogP contribution in [0.15, 0.2) is 42.5 Å². The molecular weight excluding hydrogens is 443 g/mol. The molecule has 2 aliphatic rings. The molecule has 4 rings (SSSR count). The minimum atomic E-state index is -0.621. The van der Waals surface area contributed by atoms with Crippen LogP contribution in [0, 0.1) is 0 Å². The molecule has 2 aromatic rings. The van der Waals surface area contributed by atoms with Crippen LogP contribution in [0.3, 0.4) is 0 Å². The van der Waals surface area contributed by atoms with E-state index in [4.69, 9.17) is 27.9 Å². The number of amides is 1. The summed E-state index contributed by atoms with van der Waals surface area (Å²) in [6.45, 7) is 3.99. The van der Waals surface area contributed by atoms with Crippen LogP contribution in [0.1, 0.15) is 56.9 Å². The summed E-state index contributed by atoms with van der Waals surface area (Å²) >= 11 is 12.6. The van der Waals surface area contributed by atoms with Crippen LogP contribution in [0.4, 0.5) is 5.69 Å². The van der Waals surface area contributed by atoms with Crippen molar-refractivity contribution in [2.75, 3.05) is 31.6 Å². The Morgan fingerprint density at radius 1 is 0.938 bits per heavy atom. The maximum absolute atomic E-state index is 13.5. The standard InChI is InChI=1S/C26H32Cl2N2O2/c27-20-7-12-23(24(28)19-20)26(13-3-1-4-14-26)25(31)29-21-8-10-22(11-9-21)32-18-17-30-15-5-2-6-16-30/h7-12,19H,1-6,13-18H2,(H,29,31). The number of nitrogens with zero attached hydrogens (tertiary/aromatic N) is 1. The van der Waals surface area contributed by atoms with Gasteiger partial charge in [-0.05, 0) is 80.7 Å². The molecule has 32 heavy (non-hydrogen) atoms. The van der Waals surface area contributed by atoms with Gasteiger partial charge in [-0.3, -0.25) is 9.69 Å². The monoisotopic (exact) mass is 474 g/mol. The van der Waals surface area contributed by atoms with E-state index >= 15 is 0 Å². The number of ether oxygens (including phenoxy) is 1. The summed E-state index contributed by atoms with van der Waals surface area (Å²) in [4.78, 5) is 16.0. The van der Waals surface area contributed by atoms with Gasteiger partial charge in [0.05, 0.1) is 5.41 Å². The number of hydrogen-bond acceptors (Lipinski definition) is 3. The maximum atomic E-state index is 13.5. The summed E-state index contributed by atoms with van der Waals surface area (Å²) in [5.74, 6) is 0.827. The number of carbonyl (C=O) groups excluding carboxylic acids is 1. The van der Waals surface area contributed by atoms with Crippen molar-refractivity contribution in [2.45, 2.75) is 56.8 Å². The lowest BCUT2D eigenvalue weighted by atomic mass is 9.68. The average Bonchev–Trinajstić information content (AvgIpc) is 2.81. The molecule has 0 radical (unpaired) electrons. The first-order valence-corrected chi connectivity index (χ1v) is 12.5. The molecule has 2 fully saturated rings. The van der Waals surface area contributed by atoms with Gasteiger partial charge in [-0.25, -0.2) is 0 Å². The van der Waals surface area contributed by atoms with Gasteiger partial charge in [0, 0.05) is 22.3 Å². The highest BCUT2D eigenvalue weighted by Gasteiger charge is 2.42. The molecule has 0 unspecified atom stereocenters. The normalized spacial score (nSPS) is 18.8. The van der Waals surface area contributed by atoms with Crippen LogP contribution < -0.4 is 10.1 Å². The van der Waals surface area contributed by atoms with Gasteiger partial charge in [-0.2, -0.15) is 0 Å². The molecule has 1 aliphatic heterocycles. The summed E-state index contributed by atoms with van der Waals surface area (Å²) in [6.07, 6.45) is 8.66. The van der Waals surface area contributed by atoms with Crippen molar-refractivity contribution in [2.24, 2.45) is 0 Å². The van der Waals surface area contributed by atoms with Crippen molar-refractivity contribution < 1.29 is 9.53 Å². The second kappa shape index (κ2) is 10.9. The molecule has 0 atom stereocenters.